The summed E-state index contributed by atoms with van der Waals surface area (Å²) in [4.78, 5) is 4.45. The Morgan fingerprint density at radius 1 is 1.42 bits per heavy atom. The molecule has 1 aliphatic heterocycles. The van der Waals surface area contributed by atoms with Gasteiger partial charge in [0.25, 0.3) is 0 Å². The lowest BCUT2D eigenvalue weighted by Crippen LogP contribution is -2.26. The molecule has 3 rings (SSSR count). The molecule has 0 unspecified atom stereocenters. The number of hydrogen-bond acceptors (Lipinski definition) is 4. The van der Waals surface area contributed by atoms with Gasteiger partial charge >= 0.3 is 0 Å². The maximum absolute atomic E-state index is 8.94. The van der Waals surface area contributed by atoms with Crippen LogP contribution < -0.4 is 5.32 Å². The lowest BCUT2D eigenvalue weighted by atomic mass is 9.99. The minimum absolute atomic E-state index is 0.0416. The number of fused-ring (bicyclic) bond motifs is 1. The molecule has 5 heteroatoms. The van der Waals surface area contributed by atoms with Crippen LogP contribution in [0.4, 0.5) is 0 Å². The molecule has 3 heterocycles. The van der Waals surface area contributed by atoms with Gasteiger partial charge < -0.3 is 19.4 Å². The average Bonchev–Trinajstić information content (AvgIpc) is 3.07. The zero-order valence-electron chi connectivity index (χ0n) is 10.9. The number of hydrogen-bond donors (Lipinski definition) is 2. The molecule has 2 aromatic rings. The summed E-state index contributed by atoms with van der Waals surface area (Å²) in [6.45, 7) is 2.65. The number of furan rings is 1. The summed E-state index contributed by atoms with van der Waals surface area (Å²) in [7, 11) is 0. The standard InChI is InChI=1S/C14H19N3O2/c18-10-13-4-3-12(19-13)9-15-8-11-2-1-6-17-7-5-16-14(11)17/h3-5,7,11,15,18H,1-2,6,8-10H2/t11-/m1/s1. The van der Waals surface area contributed by atoms with Gasteiger partial charge in [-0.15, -0.1) is 0 Å². The fraction of sp³-hybridized carbons (Fsp3) is 0.500. The van der Waals surface area contributed by atoms with Crippen LogP contribution in [0.3, 0.4) is 0 Å². The summed E-state index contributed by atoms with van der Waals surface area (Å²) in [5.74, 6) is 3.15. The normalized spacial score (nSPS) is 18.5. The first-order valence-electron chi connectivity index (χ1n) is 6.77. The van der Waals surface area contributed by atoms with E-state index in [9.17, 15) is 0 Å². The Morgan fingerprint density at radius 3 is 3.16 bits per heavy atom. The van der Waals surface area contributed by atoms with Gasteiger partial charge in [-0.1, -0.05) is 0 Å². The Morgan fingerprint density at radius 2 is 2.32 bits per heavy atom. The van der Waals surface area contributed by atoms with Crippen molar-refractivity contribution >= 4 is 0 Å². The molecule has 19 heavy (non-hydrogen) atoms. The molecule has 0 spiro atoms. The average molecular weight is 261 g/mol. The topological polar surface area (TPSA) is 63.2 Å². The summed E-state index contributed by atoms with van der Waals surface area (Å²) in [6, 6.07) is 3.71. The maximum Gasteiger partial charge on any atom is 0.129 e. The number of aliphatic hydroxyl groups excluding tert-OH is 1. The van der Waals surface area contributed by atoms with Crippen LogP contribution in [0.1, 0.15) is 36.1 Å². The van der Waals surface area contributed by atoms with Crippen LogP contribution in [0.25, 0.3) is 0 Å². The van der Waals surface area contributed by atoms with Gasteiger partial charge in [0.05, 0.1) is 6.54 Å². The summed E-state index contributed by atoms with van der Waals surface area (Å²) in [6.07, 6.45) is 6.34. The molecule has 1 atom stereocenters. The van der Waals surface area contributed by atoms with E-state index in [0.29, 0.717) is 18.2 Å². The highest BCUT2D eigenvalue weighted by atomic mass is 16.4. The second kappa shape index (κ2) is 5.59. The van der Waals surface area contributed by atoms with E-state index in [-0.39, 0.29) is 6.61 Å². The van der Waals surface area contributed by atoms with E-state index in [2.05, 4.69) is 21.1 Å². The van der Waals surface area contributed by atoms with Crippen LogP contribution in [0, 0.1) is 0 Å². The number of nitrogens with zero attached hydrogens (tertiary/aromatic N) is 2. The van der Waals surface area contributed by atoms with E-state index < -0.39 is 0 Å². The third kappa shape index (κ3) is 2.72. The number of rotatable bonds is 5. The highest BCUT2D eigenvalue weighted by molar-refractivity contribution is 5.07. The number of nitrogens with one attached hydrogen (secondary N) is 1. The van der Waals surface area contributed by atoms with E-state index in [0.717, 1.165) is 18.8 Å². The Labute approximate surface area is 112 Å². The third-order valence-corrected chi connectivity index (χ3v) is 3.63. The molecule has 0 aromatic carbocycles. The summed E-state index contributed by atoms with van der Waals surface area (Å²) < 4.78 is 7.69. The SMILES string of the molecule is OCc1ccc(CNC[C@H]2CCCn3ccnc32)o1. The fourth-order valence-electron chi connectivity index (χ4n) is 2.67. The van der Waals surface area contributed by atoms with Crippen molar-refractivity contribution in [1.82, 2.24) is 14.9 Å². The van der Waals surface area contributed by atoms with Gasteiger partial charge in [0, 0.05) is 31.4 Å². The number of aliphatic hydroxyl groups is 1. The van der Waals surface area contributed by atoms with Crippen molar-refractivity contribution in [3.8, 4) is 0 Å². The quantitative estimate of drug-likeness (QED) is 0.858. The molecule has 1 aliphatic rings. The second-order valence-electron chi connectivity index (χ2n) is 4.98. The smallest absolute Gasteiger partial charge is 0.129 e. The van der Waals surface area contributed by atoms with Gasteiger partial charge in [0.2, 0.25) is 0 Å². The van der Waals surface area contributed by atoms with Crippen molar-refractivity contribution in [2.24, 2.45) is 0 Å². The molecule has 102 valence electrons. The molecule has 2 N–H and O–H groups in total. The first-order chi connectivity index (χ1) is 9.36. The van der Waals surface area contributed by atoms with Gasteiger partial charge in [-0.05, 0) is 25.0 Å². The molecule has 0 amide bonds. The zero-order chi connectivity index (χ0) is 13.1. The van der Waals surface area contributed by atoms with E-state index in [1.165, 1.54) is 18.7 Å². The van der Waals surface area contributed by atoms with Crippen molar-refractivity contribution in [1.29, 1.82) is 0 Å². The van der Waals surface area contributed by atoms with Gasteiger partial charge in [0.1, 0.15) is 24.0 Å². The van der Waals surface area contributed by atoms with Crippen molar-refractivity contribution in [3.05, 3.63) is 41.9 Å². The van der Waals surface area contributed by atoms with Crippen molar-refractivity contribution in [2.75, 3.05) is 6.54 Å². The van der Waals surface area contributed by atoms with Gasteiger partial charge in [-0.3, -0.25) is 0 Å². The number of aromatic nitrogens is 2. The van der Waals surface area contributed by atoms with Crippen LogP contribution in [0.15, 0.2) is 28.9 Å². The second-order valence-corrected chi connectivity index (χ2v) is 4.98. The summed E-state index contributed by atoms with van der Waals surface area (Å²) >= 11 is 0. The van der Waals surface area contributed by atoms with Crippen LogP contribution in [0.2, 0.25) is 0 Å². The van der Waals surface area contributed by atoms with Crippen LogP contribution in [0.5, 0.6) is 0 Å². The monoisotopic (exact) mass is 261 g/mol. The minimum atomic E-state index is -0.0416. The molecule has 0 radical (unpaired) electrons. The minimum Gasteiger partial charge on any atom is -0.462 e. The molecule has 0 saturated carbocycles. The lowest BCUT2D eigenvalue weighted by Gasteiger charge is -2.23. The molecule has 0 fully saturated rings. The molecule has 0 saturated heterocycles. The Hall–Kier alpha value is -1.59. The lowest BCUT2D eigenvalue weighted by molar-refractivity contribution is 0.242. The van der Waals surface area contributed by atoms with Crippen LogP contribution in [-0.4, -0.2) is 21.2 Å². The number of imidazole rings is 1. The Balaban J connectivity index is 1.53. The zero-order valence-corrected chi connectivity index (χ0v) is 10.9. The molecular weight excluding hydrogens is 242 g/mol. The van der Waals surface area contributed by atoms with Gasteiger partial charge in [-0.25, -0.2) is 4.98 Å². The molecule has 0 aliphatic carbocycles. The van der Waals surface area contributed by atoms with Crippen LogP contribution >= 0.6 is 0 Å². The van der Waals surface area contributed by atoms with Crippen LogP contribution in [-0.2, 0) is 19.7 Å². The molecule has 5 nitrogen and oxygen atoms in total. The van der Waals surface area contributed by atoms with E-state index in [1.54, 1.807) is 0 Å². The maximum atomic E-state index is 8.94. The fourth-order valence-corrected chi connectivity index (χ4v) is 2.67. The third-order valence-electron chi connectivity index (χ3n) is 3.63. The molecule has 0 bridgehead atoms. The first kappa shape index (κ1) is 12.4. The Bertz CT molecular complexity index is 532. The van der Waals surface area contributed by atoms with Crippen molar-refractivity contribution < 1.29 is 9.52 Å². The highest BCUT2D eigenvalue weighted by Gasteiger charge is 2.20. The summed E-state index contributed by atoms with van der Waals surface area (Å²) in [5.41, 5.74) is 0. The largest absolute Gasteiger partial charge is 0.462 e. The molecular formula is C14H19N3O2. The van der Waals surface area contributed by atoms with E-state index in [1.807, 2.05) is 18.3 Å². The predicted molar refractivity (Wildman–Crippen MR) is 70.5 cm³/mol. The number of aryl methyl sites for hydroxylation is 1. The van der Waals surface area contributed by atoms with E-state index in [4.69, 9.17) is 9.52 Å². The highest BCUT2D eigenvalue weighted by Crippen LogP contribution is 2.24. The Kier molecular flexibility index (Phi) is 3.66. The first-order valence-corrected chi connectivity index (χ1v) is 6.77. The van der Waals surface area contributed by atoms with Crippen molar-refractivity contribution in [3.63, 3.8) is 0 Å². The van der Waals surface area contributed by atoms with E-state index >= 15 is 0 Å². The predicted octanol–water partition coefficient (Wildman–Crippen LogP) is 1.64. The molecule has 2 aromatic heterocycles. The van der Waals surface area contributed by atoms with Crippen molar-refractivity contribution in [2.45, 2.75) is 38.5 Å². The van der Waals surface area contributed by atoms with Gasteiger partial charge in [-0.2, -0.15) is 0 Å². The summed E-state index contributed by atoms with van der Waals surface area (Å²) in [5, 5.41) is 12.4. The van der Waals surface area contributed by atoms with Gasteiger partial charge in [0.15, 0.2) is 0 Å².